The van der Waals surface area contributed by atoms with Crippen LogP contribution < -0.4 is 4.74 Å². The zero-order valence-electron chi connectivity index (χ0n) is 18.1. The minimum absolute atomic E-state index is 0. The first-order chi connectivity index (χ1) is 14.9. The van der Waals surface area contributed by atoms with Crippen LogP contribution in [0.2, 0.25) is 0 Å². The minimum Gasteiger partial charge on any atom is -0.494 e. The largest absolute Gasteiger partial charge is 0.494 e. The number of benzene rings is 2. The molecule has 1 saturated heterocycles. The van der Waals surface area contributed by atoms with Gasteiger partial charge in [-0.05, 0) is 79.1 Å². The van der Waals surface area contributed by atoms with Gasteiger partial charge in [-0.3, -0.25) is 9.69 Å². The Hall–Kier alpha value is -2.44. The summed E-state index contributed by atoms with van der Waals surface area (Å²) in [6.45, 7) is 4.77. The smallest absolute Gasteiger partial charge is 0.309 e. The van der Waals surface area contributed by atoms with Crippen molar-refractivity contribution in [2.24, 2.45) is 5.92 Å². The molecule has 1 aliphatic heterocycles. The van der Waals surface area contributed by atoms with E-state index in [1.165, 1.54) is 28.3 Å². The van der Waals surface area contributed by atoms with Gasteiger partial charge < -0.3 is 9.84 Å². The number of ether oxygens (including phenoxy) is 1. The van der Waals surface area contributed by atoms with Crippen LogP contribution in [0, 0.1) is 17.6 Å². The lowest BCUT2D eigenvalue weighted by Crippen LogP contribution is -2.50. The highest BCUT2D eigenvalue weighted by atomic mass is 35.5. The fourth-order valence-corrected chi connectivity index (χ4v) is 4.38. The molecule has 0 saturated carbocycles. The molecule has 7 heteroatoms. The van der Waals surface area contributed by atoms with Gasteiger partial charge in [-0.2, -0.15) is 0 Å². The summed E-state index contributed by atoms with van der Waals surface area (Å²) in [5, 5.41) is 9.04. The standard InChI is InChI=1S/C25H27F2NO3.ClH/c1-16-19(13-28-14-20(15-28)25(29)30)6-5-18-12-21(7-8-22(16)18)31-10-2-3-17-4-9-23(26)24(27)11-17;/h4,7-9,11-12,20H,2-3,5-6,10,13-15H2,1H3,(H,29,30);1H. The summed E-state index contributed by atoms with van der Waals surface area (Å²) in [6.07, 6.45) is 3.28. The fraction of sp³-hybridized carbons (Fsp3) is 0.400. The molecule has 1 heterocycles. The number of carboxylic acids is 1. The third-order valence-electron chi connectivity index (χ3n) is 6.29. The number of hydrogen-bond acceptors (Lipinski definition) is 3. The summed E-state index contributed by atoms with van der Waals surface area (Å²) >= 11 is 0. The molecule has 0 spiro atoms. The van der Waals surface area contributed by atoms with E-state index in [0.29, 0.717) is 26.1 Å². The molecule has 4 nitrogen and oxygen atoms in total. The summed E-state index contributed by atoms with van der Waals surface area (Å²) in [5.41, 5.74) is 5.94. The van der Waals surface area contributed by atoms with E-state index in [-0.39, 0.29) is 18.3 Å². The second-order valence-corrected chi connectivity index (χ2v) is 8.48. The number of aryl methyl sites for hydroxylation is 2. The Morgan fingerprint density at radius 2 is 1.91 bits per heavy atom. The maximum atomic E-state index is 13.3. The average Bonchev–Trinajstić information content (AvgIpc) is 2.71. The van der Waals surface area contributed by atoms with Crippen LogP contribution in [0.5, 0.6) is 5.75 Å². The van der Waals surface area contributed by atoms with E-state index >= 15 is 0 Å². The van der Waals surface area contributed by atoms with Crippen molar-refractivity contribution in [1.29, 1.82) is 0 Å². The van der Waals surface area contributed by atoms with E-state index in [1.807, 2.05) is 6.07 Å². The maximum Gasteiger partial charge on any atom is 0.309 e. The molecule has 2 aliphatic rings. The number of fused-ring (bicyclic) bond motifs is 1. The number of rotatable bonds is 8. The minimum atomic E-state index is -0.823. The van der Waals surface area contributed by atoms with Crippen molar-refractivity contribution in [2.45, 2.75) is 32.6 Å². The van der Waals surface area contributed by atoms with Gasteiger partial charge in [0.2, 0.25) is 0 Å². The van der Waals surface area contributed by atoms with Gasteiger partial charge in [-0.15, -0.1) is 12.4 Å². The van der Waals surface area contributed by atoms with Crippen molar-refractivity contribution in [3.05, 3.63) is 70.3 Å². The lowest BCUT2D eigenvalue weighted by atomic mass is 9.85. The Bertz CT molecular complexity index is 1020. The van der Waals surface area contributed by atoms with Crippen LogP contribution in [0.15, 0.2) is 42.0 Å². The average molecular weight is 464 g/mol. The first kappa shape index (κ1) is 24.2. The van der Waals surface area contributed by atoms with E-state index in [4.69, 9.17) is 9.84 Å². The molecule has 0 atom stereocenters. The monoisotopic (exact) mass is 463 g/mol. The normalized spacial score (nSPS) is 16.2. The fourth-order valence-electron chi connectivity index (χ4n) is 4.38. The Labute approximate surface area is 193 Å². The summed E-state index contributed by atoms with van der Waals surface area (Å²) < 4.78 is 32.2. The number of halogens is 3. The Morgan fingerprint density at radius 1 is 1.12 bits per heavy atom. The third kappa shape index (κ3) is 5.48. The number of nitrogens with zero attached hydrogens (tertiary/aromatic N) is 1. The van der Waals surface area contributed by atoms with Crippen LogP contribution in [0.3, 0.4) is 0 Å². The third-order valence-corrected chi connectivity index (χ3v) is 6.29. The van der Waals surface area contributed by atoms with Crippen molar-refractivity contribution >= 4 is 23.9 Å². The zero-order chi connectivity index (χ0) is 22.0. The number of allylic oxidation sites excluding steroid dienone is 1. The molecule has 1 aliphatic carbocycles. The van der Waals surface area contributed by atoms with Gasteiger partial charge in [0.1, 0.15) is 5.75 Å². The Balaban J connectivity index is 0.00000289. The highest BCUT2D eigenvalue weighted by Gasteiger charge is 2.33. The zero-order valence-corrected chi connectivity index (χ0v) is 18.9. The lowest BCUT2D eigenvalue weighted by Gasteiger charge is -2.38. The van der Waals surface area contributed by atoms with E-state index < -0.39 is 17.6 Å². The van der Waals surface area contributed by atoms with Crippen molar-refractivity contribution in [2.75, 3.05) is 26.2 Å². The summed E-state index contributed by atoms with van der Waals surface area (Å²) in [6, 6.07) is 10.2. The van der Waals surface area contributed by atoms with Crippen LogP contribution in [0.1, 0.15) is 36.5 Å². The van der Waals surface area contributed by atoms with Gasteiger partial charge >= 0.3 is 5.97 Å². The molecule has 1 N–H and O–H groups in total. The van der Waals surface area contributed by atoms with Crippen LogP contribution in [0.4, 0.5) is 8.78 Å². The van der Waals surface area contributed by atoms with Crippen molar-refractivity contribution < 1.29 is 23.4 Å². The first-order valence-electron chi connectivity index (χ1n) is 10.7. The summed E-state index contributed by atoms with van der Waals surface area (Å²) in [7, 11) is 0. The highest BCUT2D eigenvalue weighted by molar-refractivity contribution is 5.85. The predicted octanol–water partition coefficient (Wildman–Crippen LogP) is 5.13. The van der Waals surface area contributed by atoms with Crippen LogP contribution in [-0.2, 0) is 17.6 Å². The molecular formula is C25H28ClF2NO3. The Kier molecular flexibility index (Phi) is 7.91. The topological polar surface area (TPSA) is 49.8 Å². The second-order valence-electron chi connectivity index (χ2n) is 8.48. The van der Waals surface area contributed by atoms with Crippen molar-refractivity contribution in [3.63, 3.8) is 0 Å². The SMILES string of the molecule is CC1=C(CN2CC(C(=O)O)C2)CCc2cc(OCCCc3ccc(F)c(F)c3)ccc21.Cl. The molecule has 0 radical (unpaired) electrons. The Morgan fingerprint density at radius 3 is 2.62 bits per heavy atom. The molecule has 32 heavy (non-hydrogen) atoms. The van der Waals surface area contributed by atoms with Gasteiger partial charge in [0, 0.05) is 19.6 Å². The molecule has 2 aromatic rings. The van der Waals surface area contributed by atoms with E-state index in [9.17, 15) is 13.6 Å². The molecule has 0 bridgehead atoms. The van der Waals surface area contributed by atoms with Crippen molar-refractivity contribution in [1.82, 2.24) is 4.90 Å². The molecule has 0 aromatic heterocycles. The van der Waals surface area contributed by atoms with Gasteiger partial charge in [0.25, 0.3) is 0 Å². The number of hydrogen-bond donors (Lipinski definition) is 1. The van der Waals surface area contributed by atoms with Crippen LogP contribution in [-0.4, -0.2) is 42.2 Å². The molecule has 0 unspecified atom stereocenters. The first-order valence-corrected chi connectivity index (χ1v) is 10.7. The van der Waals surface area contributed by atoms with Crippen LogP contribution >= 0.6 is 12.4 Å². The van der Waals surface area contributed by atoms with E-state index in [2.05, 4.69) is 24.0 Å². The molecule has 2 aromatic carbocycles. The number of aliphatic carboxylic acids is 1. The molecular weight excluding hydrogens is 436 g/mol. The number of carboxylic acid groups (broad SMARTS) is 1. The molecule has 4 rings (SSSR count). The number of likely N-dealkylation sites (tertiary alicyclic amines) is 1. The number of carbonyl (C=O) groups is 1. The molecule has 1 fully saturated rings. The van der Waals surface area contributed by atoms with E-state index in [0.717, 1.165) is 43.2 Å². The van der Waals surface area contributed by atoms with Gasteiger partial charge in [0.15, 0.2) is 11.6 Å². The predicted molar refractivity (Wildman–Crippen MR) is 122 cm³/mol. The lowest BCUT2D eigenvalue weighted by molar-refractivity contribution is -0.147. The summed E-state index contributed by atoms with van der Waals surface area (Å²) in [5.74, 6) is -1.73. The summed E-state index contributed by atoms with van der Waals surface area (Å²) in [4.78, 5) is 13.2. The van der Waals surface area contributed by atoms with Gasteiger partial charge in [0.05, 0.1) is 12.5 Å². The van der Waals surface area contributed by atoms with Gasteiger partial charge in [-0.1, -0.05) is 17.7 Å². The quantitative estimate of drug-likeness (QED) is 0.551. The van der Waals surface area contributed by atoms with Crippen LogP contribution in [0.25, 0.3) is 5.57 Å². The second kappa shape index (κ2) is 10.5. The van der Waals surface area contributed by atoms with Gasteiger partial charge in [-0.25, -0.2) is 8.78 Å². The molecule has 0 amide bonds. The van der Waals surface area contributed by atoms with E-state index in [1.54, 1.807) is 6.07 Å². The maximum absolute atomic E-state index is 13.3. The highest BCUT2D eigenvalue weighted by Crippen LogP contribution is 2.34. The molecule has 172 valence electrons. The van der Waals surface area contributed by atoms with Crippen molar-refractivity contribution in [3.8, 4) is 5.75 Å².